The number of amides is 1. The first-order valence-electron chi connectivity index (χ1n) is 7.28. The molecule has 0 saturated carbocycles. The molecule has 1 aromatic rings. The van der Waals surface area contributed by atoms with E-state index in [2.05, 4.69) is 32.7 Å². The highest BCUT2D eigenvalue weighted by atomic mass is 16.5. The lowest BCUT2D eigenvalue weighted by atomic mass is 9.86. The lowest BCUT2D eigenvalue weighted by Crippen LogP contribution is -2.41. The van der Waals surface area contributed by atoms with E-state index in [1.807, 2.05) is 12.1 Å². The van der Waals surface area contributed by atoms with Gasteiger partial charge in [-0.2, -0.15) is 0 Å². The van der Waals surface area contributed by atoms with E-state index < -0.39 is 12.0 Å². The molecule has 0 aliphatic rings. The number of carbonyl (C=O) groups is 2. The van der Waals surface area contributed by atoms with Crippen molar-refractivity contribution in [2.45, 2.75) is 45.6 Å². The van der Waals surface area contributed by atoms with E-state index in [-0.39, 0.29) is 11.3 Å². The van der Waals surface area contributed by atoms with Gasteiger partial charge in [0.05, 0.1) is 7.11 Å². The first kappa shape index (κ1) is 18.0. The van der Waals surface area contributed by atoms with Crippen molar-refractivity contribution in [3.8, 4) is 0 Å². The lowest BCUT2D eigenvalue weighted by Gasteiger charge is -2.20. The summed E-state index contributed by atoms with van der Waals surface area (Å²) in [7, 11) is 1.30. The molecule has 0 radical (unpaired) electrons. The maximum Gasteiger partial charge on any atom is 0.328 e. The van der Waals surface area contributed by atoms with Crippen molar-refractivity contribution in [2.24, 2.45) is 0 Å². The Morgan fingerprint density at radius 3 is 2.18 bits per heavy atom. The van der Waals surface area contributed by atoms with E-state index in [1.54, 1.807) is 19.1 Å². The topological polar surface area (TPSA) is 55.4 Å². The van der Waals surface area contributed by atoms with Crippen LogP contribution in [-0.4, -0.2) is 25.0 Å². The molecule has 1 atom stereocenters. The lowest BCUT2D eigenvalue weighted by molar-refractivity contribution is -0.142. The van der Waals surface area contributed by atoms with Crippen LogP contribution in [0.15, 0.2) is 36.4 Å². The van der Waals surface area contributed by atoms with Gasteiger partial charge in [0, 0.05) is 5.56 Å². The second-order valence-corrected chi connectivity index (χ2v) is 6.54. The third-order valence-electron chi connectivity index (χ3n) is 3.36. The number of methoxy groups -OCH3 is 1. The molecule has 0 unspecified atom stereocenters. The van der Waals surface area contributed by atoms with Gasteiger partial charge < -0.3 is 10.1 Å². The Morgan fingerprint density at radius 1 is 1.23 bits per heavy atom. The maximum absolute atomic E-state index is 12.3. The third kappa shape index (κ3) is 5.02. The van der Waals surface area contributed by atoms with Crippen LogP contribution < -0.4 is 5.32 Å². The van der Waals surface area contributed by atoms with E-state index in [9.17, 15) is 9.59 Å². The minimum atomic E-state index is -0.711. The normalized spacial score (nSPS) is 12.4. The van der Waals surface area contributed by atoms with Crippen LogP contribution in [0, 0.1) is 0 Å². The minimum absolute atomic E-state index is 0.0313. The first-order valence-corrected chi connectivity index (χ1v) is 7.28. The Morgan fingerprint density at radius 2 is 1.77 bits per heavy atom. The van der Waals surface area contributed by atoms with E-state index in [0.29, 0.717) is 12.0 Å². The van der Waals surface area contributed by atoms with E-state index in [1.165, 1.54) is 7.11 Å². The molecular formula is C18H25NO3. The highest BCUT2D eigenvalue weighted by Gasteiger charge is 2.22. The van der Waals surface area contributed by atoms with Crippen molar-refractivity contribution >= 4 is 11.9 Å². The maximum atomic E-state index is 12.3. The molecule has 1 amide bonds. The molecule has 0 aromatic heterocycles. The Kier molecular flexibility index (Phi) is 5.92. The van der Waals surface area contributed by atoms with Gasteiger partial charge in [-0.3, -0.25) is 4.79 Å². The van der Waals surface area contributed by atoms with Crippen LogP contribution in [-0.2, 0) is 14.9 Å². The molecule has 120 valence electrons. The quantitative estimate of drug-likeness (QED) is 0.671. The predicted molar refractivity (Wildman–Crippen MR) is 87.8 cm³/mol. The number of ether oxygens (including phenoxy) is 1. The van der Waals surface area contributed by atoms with E-state index >= 15 is 0 Å². The van der Waals surface area contributed by atoms with Gasteiger partial charge in [0.15, 0.2) is 0 Å². The second kappa shape index (κ2) is 7.25. The number of carbonyl (C=O) groups excluding carboxylic acids is 2. The molecule has 1 rings (SSSR count). The van der Waals surface area contributed by atoms with Gasteiger partial charge in [0.25, 0.3) is 5.91 Å². The molecular weight excluding hydrogens is 278 g/mol. The minimum Gasteiger partial charge on any atom is -0.467 e. The molecule has 0 aliphatic carbocycles. The summed E-state index contributed by atoms with van der Waals surface area (Å²) in [5.74, 6) is -0.764. The summed E-state index contributed by atoms with van der Waals surface area (Å²) >= 11 is 0. The number of hydrogen-bond acceptors (Lipinski definition) is 3. The molecule has 0 heterocycles. The molecule has 0 bridgehead atoms. The monoisotopic (exact) mass is 303 g/mol. The molecule has 1 aromatic carbocycles. The summed E-state index contributed by atoms with van der Waals surface area (Å²) in [6, 6.07) is 6.69. The van der Waals surface area contributed by atoms with Crippen LogP contribution in [0.5, 0.6) is 0 Å². The SMILES string of the molecule is C=C(C)C[C@H](NC(=O)c1ccc(C(C)(C)C)cc1)C(=O)OC. The average Bonchev–Trinajstić information content (AvgIpc) is 2.44. The van der Waals surface area contributed by atoms with Crippen LogP contribution in [0.4, 0.5) is 0 Å². The number of nitrogens with one attached hydrogen (secondary N) is 1. The summed E-state index contributed by atoms with van der Waals surface area (Å²) in [4.78, 5) is 24.0. The summed E-state index contributed by atoms with van der Waals surface area (Å²) in [5, 5.41) is 2.70. The van der Waals surface area contributed by atoms with Gasteiger partial charge in [-0.05, 0) is 36.5 Å². The standard InChI is InChI=1S/C18H25NO3/c1-12(2)11-15(17(21)22-6)19-16(20)13-7-9-14(10-8-13)18(3,4)5/h7-10,15H,1,11H2,2-6H3,(H,19,20)/t15-/m0/s1. The summed E-state index contributed by atoms with van der Waals surface area (Å²) in [5.41, 5.74) is 2.50. The Hall–Kier alpha value is -2.10. The zero-order chi connectivity index (χ0) is 16.9. The summed E-state index contributed by atoms with van der Waals surface area (Å²) in [6.07, 6.45) is 0.360. The van der Waals surface area contributed by atoms with Crippen molar-refractivity contribution in [1.29, 1.82) is 0 Å². The molecule has 0 saturated heterocycles. The van der Waals surface area contributed by atoms with Gasteiger partial charge >= 0.3 is 5.97 Å². The van der Waals surface area contributed by atoms with Crippen LogP contribution in [0.2, 0.25) is 0 Å². The fourth-order valence-corrected chi connectivity index (χ4v) is 2.05. The number of rotatable bonds is 5. The van der Waals surface area contributed by atoms with Gasteiger partial charge in [-0.25, -0.2) is 4.79 Å². The summed E-state index contributed by atoms with van der Waals surface area (Å²) in [6.45, 7) is 11.9. The highest BCUT2D eigenvalue weighted by Crippen LogP contribution is 2.22. The van der Waals surface area contributed by atoms with E-state index in [0.717, 1.165) is 11.1 Å². The third-order valence-corrected chi connectivity index (χ3v) is 3.36. The van der Waals surface area contributed by atoms with E-state index in [4.69, 9.17) is 4.74 Å². The number of hydrogen-bond donors (Lipinski definition) is 1. The molecule has 4 nitrogen and oxygen atoms in total. The van der Waals surface area contributed by atoms with Gasteiger partial charge in [-0.1, -0.05) is 38.5 Å². The van der Waals surface area contributed by atoms with Crippen molar-refractivity contribution in [3.63, 3.8) is 0 Å². The highest BCUT2D eigenvalue weighted by molar-refractivity contribution is 5.96. The Bertz CT molecular complexity index is 553. The van der Waals surface area contributed by atoms with Crippen LogP contribution in [0.1, 0.15) is 50.0 Å². The molecule has 0 aliphatic heterocycles. The second-order valence-electron chi connectivity index (χ2n) is 6.54. The molecule has 4 heteroatoms. The molecule has 1 N–H and O–H groups in total. The van der Waals surface area contributed by atoms with Crippen LogP contribution in [0.3, 0.4) is 0 Å². The van der Waals surface area contributed by atoms with Crippen LogP contribution in [0.25, 0.3) is 0 Å². The molecule has 0 spiro atoms. The van der Waals surface area contributed by atoms with Gasteiger partial charge in [0.1, 0.15) is 6.04 Å². The smallest absolute Gasteiger partial charge is 0.328 e. The van der Waals surface area contributed by atoms with Crippen molar-refractivity contribution in [1.82, 2.24) is 5.32 Å². The fourth-order valence-electron chi connectivity index (χ4n) is 2.05. The number of benzene rings is 1. The van der Waals surface area contributed by atoms with Crippen molar-refractivity contribution in [2.75, 3.05) is 7.11 Å². The first-order chi connectivity index (χ1) is 10.1. The fraction of sp³-hybridized carbons (Fsp3) is 0.444. The molecule has 22 heavy (non-hydrogen) atoms. The van der Waals surface area contributed by atoms with Gasteiger partial charge in [-0.15, -0.1) is 6.58 Å². The number of esters is 1. The van der Waals surface area contributed by atoms with Gasteiger partial charge in [0.2, 0.25) is 0 Å². The van der Waals surface area contributed by atoms with Crippen molar-refractivity contribution in [3.05, 3.63) is 47.5 Å². The largest absolute Gasteiger partial charge is 0.467 e. The molecule has 0 fully saturated rings. The Labute approximate surface area is 132 Å². The van der Waals surface area contributed by atoms with Crippen LogP contribution >= 0.6 is 0 Å². The zero-order valence-corrected chi connectivity index (χ0v) is 14.0. The average molecular weight is 303 g/mol. The summed E-state index contributed by atoms with van der Waals surface area (Å²) < 4.78 is 4.72. The predicted octanol–water partition coefficient (Wildman–Crippen LogP) is 3.22. The van der Waals surface area contributed by atoms with Crippen molar-refractivity contribution < 1.29 is 14.3 Å². The Balaban J connectivity index is 2.86. The zero-order valence-electron chi connectivity index (χ0n) is 14.0.